The summed E-state index contributed by atoms with van der Waals surface area (Å²) in [5.41, 5.74) is 6.53. The van der Waals surface area contributed by atoms with Crippen molar-refractivity contribution in [2.24, 2.45) is 5.73 Å². The van der Waals surface area contributed by atoms with Gasteiger partial charge in [-0.25, -0.2) is 0 Å². The third-order valence-corrected chi connectivity index (χ3v) is 1.98. The predicted molar refractivity (Wildman–Crippen MR) is 53.8 cm³/mol. The Morgan fingerprint density at radius 2 is 1.64 bits per heavy atom. The van der Waals surface area contributed by atoms with Crippen molar-refractivity contribution in [3.05, 3.63) is 17.7 Å². The van der Waals surface area contributed by atoms with Gasteiger partial charge in [-0.05, 0) is 6.92 Å². The summed E-state index contributed by atoms with van der Waals surface area (Å²) in [4.78, 5) is 0. The lowest BCUT2D eigenvalue weighted by atomic mass is 10.1. The lowest BCUT2D eigenvalue weighted by molar-refractivity contribution is 0.372. The smallest absolute Gasteiger partial charge is 0.131 e. The van der Waals surface area contributed by atoms with Gasteiger partial charge >= 0.3 is 0 Å². The average Bonchev–Trinajstić information content (AvgIpc) is 2.15. The Hall–Kier alpha value is -1.42. The number of rotatable bonds is 3. The topological polar surface area (TPSA) is 64.7 Å². The Morgan fingerprint density at radius 3 is 1.93 bits per heavy atom. The highest BCUT2D eigenvalue weighted by Gasteiger charge is 2.15. The van der Waals surface area contributed by atoms with E-state index >= 15 is 0 Å². The van der Waals surface area contributed by atoms with Crippen molar-refractivity contribution in [1.29, 1.82) is 0 Å². The Morgan fingerprint density at radius 1 is 1.21 bits per heavy atom. The van der Waals surface area contributed by atoms with Crippen molar-refractivity contribution in [2.75, 3.05) is 14.2 Å². The first-order valence-electron chi connectivity index (χ1n) is 4.30. The van der Waals surface area contributed by atoms with E-state index in [1.54, 1.807) is 0 Å². The molecule has 0 fully saturated rings. The van der Waals surface area contributed by atoms with Gasteiger partial charge < -0.3 is 20.3 Å². The van der Waals surface area contributed by atoms with Crippen molar-refractivity contribution in [1.82, 2.24) is 0 Å². The van der Waals surface area contributed by atoms with Gasteiger partial charge in [-0.3, -0.25) is 0 Å². The van der Waals surface area contributed by atoms with E-state index < -0.39 is 0 Å². The van der Waals surface area contributed by atoms with Crippen LogP contribution in [0.3, 0.4) is 0 Å². The summed E-state index contributed by atoms with van der Waals surface area (Å²) in [6, 6.07) is 2.82. The lowest BCUT2D eigenvalue weighted by Gasteiger charge is -2.16. The normalized spacial score (nSPS) is 12.3. The van der Waals surface area contributed by atoms with E-state index in [1.807, 2.05) is 6.92 Å². The third kappa shape index (κ3) is 1.90. The molecule has 14 heavy (non-hydrogen) atoms. The number of methoxy groups -OCH3 is 2. The van der Waals surface area contributed by atoms with Crippen LogP contribution in [0.5, 0.6) is 17.2 Å². The minimum atomic E-state index is -0.208. The Bertz CT molecular complexity index is 298. The van der Waals surface area contributed by atoms with Gasteiger partial charge in [0.15, 0.2) is 0 Å². The minimum Gasteiger partial charge on any atom is -0.508 e. The molecule has 0 amide bonds. The van der Waals surface area contributed by atoms with Crippen LogP contribution < -0.4 is 15.2 Å². The van der Waals surface area contributed by atoms with Gasteiger partial charge in [0.2, 0.25) is 0 Å². The highest BCUT2D eigenvalue weighted by Crippen LogP contribution is 2.36. The predicted octanol–water partition coefficient (Wildman–Crippen LogP) is 1.43. The molecule has 4 nitrogen and oxygen atoms in total. The molecular formula is C10H15NO3. The highest BCUT2D eigenvalue weighted by molar-refractivity contribution is 5.51. The summed E-state index contributed by atoms with van der Waals surface area (Å²) in [5, 5.41) is 9.36. The number of phenols is 1. The molecule has 0 bridgehead atoms. The van der Waals surface area contributed by atoms with E-state index in [-0.39, 0.29) is 11.8 Å². The van der Waals surface area contributed by atoms with Gasteiger partial charge in [-0.15, -0.1) is 0 Å². The molecule has 0 saturated carbocycles. The summed E-state index contributed by atoms with van der Waals surface area (Å²) in [7, 11) is 3.06. The average molecular weight is 197 g/mol. The first-order chi connectivity index (χ1) is 6.60. The Labute approximate surface area is 83.3 Å². The molecule has 1 atom stereocenters. The molecule has 1 aromatic rings. The van der Waals surface area contributed by atoms with Gasteiger partial charge in [0.05, 0.1) is 19.8 Å². The van der Waals surface area contributed by atoms with Crippen molar-refractivity contribution in [3.8, 4) is 17.2 Å². The van der Waals surface area contributed by atoms with Crippen LogP contribution in [0.1, 0.15) is 18.5 Å². The fourth-order valence-corrected chi connectivity index (χ4v) is 1.37. The quantitative estimate of drug-likeness (QED) is 0.769. The molecule has 0 saturated heterocycles. The standard InChI is InChI=1S/C10H15NO3/c1-6(11)10-8(13-2)4-7(12)5-9(10)14-3/h4-6,12H,11H2,1-3H3/t6-/m1/s1. The first kappa shape index (κ1) is 10.7. The zero-order valence-electron chi connectivity index (χ0n) is 8.57. The first-order valence-corrected chi connectivity index (χ1v) is 4.30. The van der Waals surface area contributed by atoms with Crippen LogP contribution in [0.15, 0.2) is 12.1 Å². The second kappa shape index (κ2) is 4.19. The zero-order valence-corrected chi connectivity index (χ0v) is 8.57. The SMILES string of the molecule is COc1cc(O)cc(OC)c1[C@@H](C)N. The van der Waals surface area contributed by atoms with E-state index in [2.05, 4.69) is 0 Å². The van der Waals surface area contributed by atoms with Crippen molar-refractivity contribution in [2.45, 2.75) is 13.0 Å². The van der Waals surface area contributed by atoms with Gasteiger partial charge in [-0.2, -0.15) is 0 Å². The molecule has 0 spiro atoms. The molecule has 1 rings (SSSR count). The van der Waals surface area contributed by atoms with Crippen molar-refractivity contribution < 1.29 is 14.6 Å². The molecule has 0 aliphatic rings. The van der Waals surface area contributed by atoms with E-state index in [4.69, 9.17) is 15.2 Å². The van der Waals surface area contributed by atoms with Crippen molar-refractivity contribution in [3.63, 3.8) is 0 Å². The molecule has 4 heteroatoms. The maximum atomic E-state index is 9.36. The van der Waals surface area contributed by atoms with Gasteiger partial charge in [-0.1, -0.05) is 0 Å². The Balaban J connectivity index is 3.33. The third-order valence-electron chi connectivity index (χ3n) is 1.98. The van der Waals surface area contributed by atoms with Crippen LogP contribution in [0.25, 0.3) is 0 Å². The molecule has 1 aromatic carbocycles. The number of phenolic OH excluding ortho intramolecular Hbond substituents is 1. The molecule has 0 unspecified atom stereocenters. The molecule has 0 aliphatic carbocycles. The van der Waals surface area contributed by atoms with E-state index in [0.29, 0.717) is 11.5 Å². The summed E-state index contributed by atoms with van der Waals surface area (Å²) in [5.74, 6) is 1.18. The van der Waals surface area contributed by atoms with Crippen LogP contribution >= 0.6 is 0 Å². The molecular weight excluding hydrogens is 182 g/mol. The lowest BCUT2D eigenvalue weighted by Crippen LogP contribution is -2.08. The molecule has 0 heterocycles. The number of benzene rings is 1. The van der Waals surface area contributed by atoms with Crippen molar-refractivity contribution >= 4 is 0 Å². The summed E-state index contributed by atoms with van der Waals surface area (Å²) in [6.45, 7) is 1.83. The highest BCUT2D eigenvalue weighted by atomic mass is 16.5. The summed E-state index contributed by atoms with van der Waals surface area (Å²) < 4.78 is 10.2. The molecule has 0 aromatic heterocycles. The second-order valence-electron chi connectivity index (χ2n) is 3.05. The van der Waals surface area contributed by atoms with E-state index in [0.717, 1.165) is 5.56 Å². The maximum absolute atomic E-state index is 9.36. The van der Waals surface area contributed by atoms with Crippen LogP contribution in [0.4, 0.5) is 0 Å². The number of hydrogen-bond donors (Lipinski definition) is 2. The van der Waals surface area contributed by atoms with Crippen LogP contribution in [-0.2, 0) is 0 Å². The van der Waals surface area contributed by atoms with Crippen LogP contribution in [0, 0.1) is 0 Å². The maximum Gasteiger partial charge on any atom is 0.131 e. The largest absolute Gasteiger partial charge is 0.508 e. The van der Waals surface area contributed by atoms with Gasteiger partial charge in [0.25, 0.3) is 0 Å². The number of hydrogen-bond acceptors (Lipinski definition) is 4. The number of aromatic hydroxyl groups is 1. The summed E-state index contributed by atoms with van der Waals surface area (Å²) in [6.07, 6.45) is 0. The molecule has 78 valence electrons. The fourth-order valence-electron chi connectivity index (χ4n) is 1.37. The van der Waals surface area contributed by atoms with Gasteiger partial charge in [0.1, 0.15) is 17.2 Å². The van der Waals surface area contributed by atoms with E-state index in [9.17, 15) is 5.11 Å². The van der Waals surface area contributed by atoms with Gasteiger partial charge in [0, 0.05) is 18.2 Å². The van der Waals surface area contributed by atoms with Crippen LogP contribution in [-0.4, -0.2) is 19.3 Å². The monoisotopic (exact) mass is 197 g/mol. The summed E-state index contributed by atoms with van der Waals surface area (Å²) >= 11 is 0. The zero-order chi connectivity index (χ0) is 10.7. The number of nitrogens with two attached hydrogens (primary N) is 1. The minimum absolute atomic E-state index is 0.100. The molecule has 3 N–H and O–H groups in total. The number of ether oxygens (including phenoxy) is 2. The Kier molecular flexibility index (Phi) is 3.19. The molecule has 0 aliphatic heterocycles. The van der Waals surface area contributed by atoms with E-state index in [1.165, 1.54) is 26.4 Å². The van der Waals surface area contributed by atoms with Crippen LogP contribution in [0.2, 0.25) is 0 Å². The second-order valence-corrected chi connectivity index (χ2v) is 3.05. The fraction of sp³-hybridized carbons (Fsp3) is 0.400. The molecule has 0 radical (unpaired) electrons.